The Morgan fingerprint density at radius 3 is 2.89 bits per heavy atom. The molecule has 1 heterocycles. The van der Waals surface area contributed by atoms with Crippen LogP contribution in [0.3, 0.4) is 0 Å². The number of nitrogens with two attached hydrogens (primary N) is 1. The fourth-order valence-corrected chi connectivity index (χ4v) is 2.40. The molecule has 106 valence electrons. The minimum absolute atomic E-state index is 0.114. The van der Waals surface area contributed by atoms with Gasteiger partial charge in [-0.1, -0.05) is 19.3 Å². The van der Waals surface area contributed by atoms with Crippen molar-refractivity contribution in [1.29, 1.82) is 0 Å². The molecule has 0 spiro atoms. The first-order chi connectivity index (χ1) is 9.15. The summed E-state index contributed by atoms with van der Waals surface area (Å²) in [6.07, 6.45) is 7.69. The summed E-state index contributed by atoms with van der Waals surface area (Å²) in [5.41, 5.74) is 6.20. The fraction of sp³-hybridized carbons (Fsp3) is 0.714. The van der Waals surface area contributed by atoms with Crippen molar-refractivity contribution < 1.29 is 4.74 Å². The van der Waals surface area contributed by atoms with Gasteiger partial charge in [0.15, 0.2) is 0 Å². The molecule has 5 nitrogen and oxygen atoms in total. The molecule has 0 amide bonds. The van der Waals surface area contributed by atoms with E-state index in [9.17, 15) is 0 Å². The van der Waals surface area contributed by atoms with Crippen LogP contribution in [0.1, 0.15) is 46.0 Å². The van der Waals surface area contributed by atoms with Crippen molar-refractivity contribution in [3.8, 4) is 5.88 Å². The van der Waals surface area contributed by atoms with E-state index in [0.717, 1.165) is 12.8 Å². The van der Waals surface area contributed by atoms with Gasteiger partial charge in [-0.25, -0.2) is 4.98 Å². The van der Waals surface area contributed by atoms with Gasteiger partial charge in [0.1, 0.15) is 0 Å². The normalized spacial score (nSPS) is 24.0. The molecule has 2 unspecified atom stereocenters. The van der Waals surface area contributed by atoms with Crippen molar-refractivity contribution in [2.45, 2.75) is 64.1 Å². The predicted octanol–water partition coefficient (Wildman–Crippen LogP) is 2.34. The van der Waals surface area contributed by atoms with E-state index in [1.807, 2.05) is 13.8 Å². The highest BCUT2D eigenvalue weighted by Crippen LogP contribution is 2.20. The molecule has 1 aliphatic rings. The van der Waals surface area contributed by atoms with Gasteiger partial charge in [0.05, 0.1) is 6.10 Å². The van der Waals surface area contributed by atoms with Crippen LogP contribution < -0.4 is 15.8 Å². The Hall–Kier alpha value is -1.36. The lowest BCUT2D eigenvalue weighted by atomic mass is 10.0. The quantitative estimate of drug-likeness (QED) is 0.817. The van der Waals surface area contributed by atoms with Crippen molar-refractivity contribution >= 4 is 5.95 Å². The Balaban J connectivity index is 2.01. The van der Waals surface area contributed by atoms with Gasteiger partial charge in [-0.3, -0.25) is 0 Å². The van der Waals surface area contributed by atoms with Crippen LogP contribution in [-0.2, 0) is 0 Å². The van der Waals surface area contributed by atoms with Crippen molar-refractivity contribution in [1.82, 2.24) is 9.97 Å². The average Bonchev–Trinajstić information content (AvgIpc) is 2.55. The maximum Gasteiger partial charge on any atom is 0.226 e. The van der Waals surface area contributed by atoms with Crippen molar-refractivity contribution in [2.24, 2.45) is 5.73 Å². The van der Waals surface area contributed by atoms with Crippen LogP contribution in [0.15, 0.2) is 12.3 Å². The van der Waals surface area contributed by atoms with Crippen molar-refractivity contribution in [3.63, 3.8) is 0 Å². The number of rotatable bonds is 4. The van der Waals surface area contributed by atoms with E-state index in [2.05, 4.69) is 15.3 Å². The summed E-state index contributed by atoms with van der Waals surface area (Å²) in [4.78, 5) is 8.62. The van der Waals surface area contributed by atoms with Gasteiger partial charge in [0.25, 0.3) is 0 Å². The van der Waals surface area contributed by atoms with Crippen LogP contribution in [0.2, 0.25) is 0 Å². The number of hydrogen-bond acceptors (Lipinski definition) is 5. The minimum atomic E-state index is 0.114. The van der Waals surface area contributed by atoms with Gasteiger partial charge in [0, 0.05) is 24.3 Å². The number of nitrogens with zero attached hydrogens (tertiary/aromatic N) is 2. The third-order valence-electron chi connectivity index (χ3n) is 3.37. The van der Waals surface area contributed by atoms with E-state index in [1.165, 1.54) is 19.3 Å². The Labute approximate surface area is 115 Å². The van der Waals surface area contributed by atoms with Crippen LogP contribution in [0.5, 0.6) is 5.88 Å². The first-order valence-corrected chi connectivity index (χ1v) is 7.17. The Morgan fingerprint density at radius 2 is 2.11 bits per heavy atom. The van der Waals surface area contributed by atoms with Crippen LogP contribution in [0.25, 0.3) is 0 Å². The number of anilines is 1. The second kappa shape index (κ2) is 6.70. The fourth-order valence-electron chi connectivity index (χ4n) is 2.40. The van der Waals surface area contributed by atoms with E-state index in [4.69, 9.17) is 10.5 Å². The van der Waals surface area contributed by atoms with Crippen LogP contribution in [-0.4, -0.2) is 28.2 Å². The Kier molecular flexibility index (Phi) is 4.96. The largest absolute Gasteiger partial charge is 0.475 e. The highest BCUT2D eigenvalue weighted by Gasteiger charge is 2.21. The molecule has 1 fully saturated rings. The first-order valence-electron chi connectivity index (χ1n) is 7.17. The third-order valence-corrected chi connectivity index (χ3v) is 3.37. The van der Waals surface area contributed by atoms with Gasteiger partial charge in [-0.2, -0.15) is 4.98 Å². The molecular formula is C14H24N4O. The number of nitrogens with one attached hydrogen (secondary N) is 1. The zero-order chi connectivity index (χ0) is 13.7. The van der Waals surface area contributed by atoms with Gasteiger partial charge in [0.2, 0.25) is 11.8 Å². The SMILES string of the molecule is CC(C)Oc1ccnc(NC2CCCCCC2N)n1. The van der Waals surface area contributed by atoms with Crippen LogP contribution >= 0.6 is 0 Å². The molecule has 0 bridgehead atoms. The molecule has 0 radical (unpaired) electrons. The molecule has 1 aromatic rings. The van der Waals surface area contributed by atoms with Gasteiger partial charge >= 0.3 is 0 Å². The highest BCUT2D eigenvalue weighted by atomic mass is 16.5. The van der Waals surface area contributed by atoms with E-state index in [-0.39, 0.29) is 18.2 Å². The molecular weight excluding hydrogens is 240 g/mol. The topological polar surface area (TPSA) is 73.1 Å². The van der Waals surface area contributed by atoms with Crippen molar-refractivity contribution in [2.75, 3.05) is 5.32 Å². The highest BCUT2D eigenvalue weighted by molar-refractivity contribution is 5.29. The summed E-state index contributed by atoms with van der Waals surface area (Å²) in [7, 11) is 0. The molecule has 1 aromatic heterocycles. The zero-order valence-corrected chi connectivity index (χ0v) is 11.8. The van der Waals surface area contributed by atoms with E-state index in [1.54, 1.807) is 12.3 Å². The summed E-state index contributed by atoms with van der Waals surface area (Å²) >= 11 is 0. The van der Waals surface area contributed by atoms with E-state index >= 15 is 0 Å². The maximum absolute atomic E-state index is 6.20. The predicted molar refractivity (Wildman–Crippen MR) is 76.3 cm³/mol. The molecule has 0 aromatic carbocycles. The Morgan fingerprint density at radius 1 is 1.32 bits per heavy atom. The molecule has 0 aliphatic heterocycles. The van der Waals surface area contributed by atoms with Crippen LogP contribution in [0, 0.1) is 0 Å². The van der Waals surface area contributed by atoms with E-state index < -0.39 is 0 Å². The summed E-state index contributed by atoms with van der Waals surface area (Å²) in [5, 5.41) is 3.36. The molecule has 2 atom stereocenters. The lowest BCUT2D eigenvalue weighted by Gasteiger charge is -2.22. The summed E-state index contributed by atoms with van der Waals surface area (Å²) in [6, 6.07) is 2.22. The monoisotopic (exact) mass is 264 g/mol. The third kappa shape index (κ3) is 4.35. The molecule has 0 saturated heterocycles. The van der Waals surface area contributed by atoms with E-state index in [0.29, 0.717) is 11.8 Å². The lowest BCUT2D eigenvalue weighted by molar-refractivity contribution is 0.232. The average molecular weight is 264 g/mol. The maximum atomic E-state index is 6.20. The second-order valence-corrected chi connectivity index (χ2v) is 5.44. The van der Waals surface area contributed by atoms with Gasteiger partial charge < -0.3 is 15.8 Å². The number of hydrogen-bond donors (Lipinski definition) is 2. The summed E-state index contributed by atoms with van der Waals surface area (Å²) in [5.74, 6) is 1.22. The molecule has 2 rings (SSSR count). The van der Waals surface area contributed by atoms with Gasteiger partial charge in [-0.05, 0) is 26.7 Å². The molecule has 3 N–H and O–H groups in total. The number of ether oxygens (including phenoxy) is 1. The molecule has 5 heteroatoms. The molecule has 19 heavy (non-hydrogen) atoms. The summed E-state index contributed by atoms with van der Waals surface area (Å²) < 4.78 is 5.57. The smallest absolute Gasteiger partial charge is 0.226 e. The first kappa shape index (κ1) is 14.1. The Bertz CT molecular complexity index is 397. The molecule has 1 saturated carbocycles. The second-order valence-electron chi connectivity index (χ2n) is 5.44. The minimum Gasteiger partial charge on any atom is -0.475 e. The standard InChI is InChI=1S/C14H24N4O/c1-10(2)19-13-8-9-16-14(18-13)17-12-7-5-3-4-6-11(12)15/h8-12H,3-7,15H2,1-2H3,(H,16,17,18). The molecule has 1 aliphatic carbocycles. The van der Waals surface area contributed by atoms with Gasteiger partial charge in [-0.15, -0.1) is 0 Å². The number of aromatic nitrogens is 2. The zero-order valence-electron chi connectivity index (χ0n) is 11.8. The van der Waals surface area contributed by atoms with Crippen LogP contribution in [0.4, 0.5) is 5.95 Å². The summed E-state index contributed by atoms with van der Waals surface area (Å²) in [6.45, 7) is 3.97. The van der Waals surface area contributed by atoms with Crippen molar-refractivity contribution in [3.05, 3.63) is 12.3 Å². The lowest BCUT2D eigenvalue weighted by Crippen LogP contribution is -2.39.